The van der Waals surface area contributed by atoms with Crippen LogP contribution < -0.4 is 0 Å². The topological polar surface area (TPSA) is 0 Å². The van der Waals surface area contributed by atoms with Gasteiger partial charge in [0.25, 0.3) is 0 Å². The molecular formula is C32H42. The van der Waals surface area contributed by atoms with Gasteiger partial charge in [-0.05, 0) is 61.2 Å². The summed E-state index contributed by atoms with van der Waals surface area (Å²) in [6.07, 6.45) is 18.2. The van der Waals surface area contributed by atoms with Gasteiger partial charge in [-0.3, -0.25) is 0 Å². The molecule has 0 bridgehead atoms. The maximum atomic E-state index is 3.32. The number of rotatable bonds is 13. The summed E-state index contributed by atoms with van der Waals surface area (Å²) < 4.78 is 0. The number of aryl methyl sites for hydroxylation is 1. The van der Waals surface area contributed by atoms with Crippen molar-refractivity contribution < 1.29 is 0 Å². The molecule has 2 aromatic rings. The van der Waals surface area contributed by atoms with Crippen LogP contribution in [0.25, 0.3) is 0 Å². The van der Waals surface area contributed by atoms with Crippen LogP contribution in [0, 0.1) is 23.7 Å². The summed E-state index contributed by atoms with van der Waals surface area (Å²) >= 11 is 0. The first kappa shape index (κ1) is 25.8. The van der Waals surface area contributed by atoms with Gasteiger partial charge in [0, 0.05) is 23.1 Å². The summed E-state index contributed by atoms with van der Waals surface area (Å²) in [6, 6.07) is 17.1. The minimum atomic E-state index is 1.00. The van der Waals surface area contributed by atoms with E-state index in [1.165, 1.54) is 89.0 Å². The van der Waals surface area contributed by atoms with Gasteiger partial charge in [0.15, 0.2) is 0 Å². The molecule has 2 rings (SSSR count). The Bertz CT molecular complexity index is 847. The summed E-state index contributed by atoms with van der Waals surface area (Å²) in [6.45, 7) is 4.53. The molecular weight excluding hydrogens is 384 g/mol. The largest absolute Gasteiger partial charge is 0.0979 e. The fraction of sp³-hybridized carbons (Fsp3) is 0.500. The molecule has 0 radical (unpaired) electrons. The van der Waals surface area contributed by atoms with E-state index in [9.17, 15) is 0 Å². The maximum Gasteiger partial charge on any atom is 0.0249 e. The lowest BCUT2D eigenvalue weighted by Crippen LogP contribution is -1.87. The quantitative estimate of drug-likeness (QED) is 0.221. The molecule has 0 spiro atoms. The standard InChI is InChI=1S/C32H42/c1-3-5-7-9-11-12-14-16-18-30-21-25-32(26-22-30)28-27-31-23-19-29(20-24-31)17-15-13-10-8-6-4-2/h19-26H,3-15,17H2,1-2H3. The third kappa shape index (κ3) is 11.8. The van der Waals surface area contributed by atoms with Crippen LogP contribution in [-0.2, 0) is 6.42 Å². The number of hydrogen-bond donors (Lipinski definition) is 0. The van der Waals surface area contributed by atoms with E-state index < -0.39 is 0 Å². The Kier molecular flexibility index (Phi) is 13.8. The van der Waals surface area contributed by atoms with Gasteiger partial charge >= 0.3 is 0 Å². The molecule has 32 heavy (non-hydrogen) atoms. The molecule has 0 aliphatic carbocycles. The zero-order valence-electron chi connectivity index (χ0n) is 20.5. The lowest BCUT2D eigenvalue weighted by molar-refractivity contribution is 0.607. The molecule has 170 valence electrons. The summed E-state index contributed by atoms with van der Waals surface area (Å²) in [4.78, 5) is 0. The Morgan fingerprint density at radius 1 is 0.469 bits per heavy atom. The number of unbranched alkanes of at least 4 members (excludes halogenated alkanes) is 11. The van der Waals surface area contributed by atoms with Gasteiger partial charge in [-0.2, -0.15) is 0 Å². The molecule has 0 atom stereocenters. The Morgan fingerprint density at radius 2 is 0.906 bits per heavy atom. The molecule has 0 N–H and O–H groups in total. The fourth-order valence-corrected chi connectivity index (χ4v) is 3.80. The van der Waals surface area contributed by atoms with Crippen LogP contribution in [0.4, 0.5) is 0 Å². The van der Waals surface area contributed by atoms with E-state index in [1.54, 1.807) is 0 Å². The zero-order chi connectivity index (χ0) is 22.7. The van der Waals surface area contributed by atoms with Gasteiger partial charge in [-0.25, -0.2) is 0 Å². The molecule has 0 amide bonds. The van der Waals surface area contributed by atoms with Gasteiger partial charge in [0.1, 0.15) is 0 Å². The molecule has 0 heterocycles. The van der Waals surface area contributed by atoms with Crippen molar-refractivity contribution >= 4 is 0 Å². The van der Waals surface area contributed by atoms with Gasteiger partial charge in [-0.1, -0.05) is 114 Å². The van der Waals surface area contributed by atoms with E-state index in [2.05, 4.69) is 86.1 Å². The molecule has 0 fully saturated rings. The summed E-state index contributed by atoms with van der Waals surface area (Å²) in [5, 5.41) is 0. The van der Waals surface area contributed by atoms with E-state index in [1.807, 2.05) is 0 Å². The summed E-state index contributed by atoms with van der Waals surface area (Å²) in [5.74, 6) is 13.2. The summed E-state index contributed by atoms with van der Waals surface area (Å²) in [5.41, 5.74) is 4.64. The first-order valence-corrected chi connectivity index (χ1v) is 13.0. The number of hydrogen-bond acceptors (Lipinski definition) is 0. The van der Waals surface area contributed by atoms with Gasteiger partial charge in [0.05, 0.1) is 0 Å². The third-order valence-corrected chi connectivity index (χ3v) is 5.90. The van der Waals surface area contributed by atoms with E-state index >= 15 is 0 Å². The fourth-order valence-electron chi connectivity index (χ4n) is 3.80. The van der Waals surface area contributed by atoms with Gasteiger partial charge in [0.2, 0.25) is 0 Å². The van der Waals surface area contributed by atoms with Crippen LogP contribution in [0.1, 0.15) is 120 Å². The average Bonchev–Trinajstić information content (AvgIpc) is 2.83. The van der Waals surface area contributed by atoms with E-state index in [0.29, 0.717) is 0 Å². The van der Waals surface area contributed by atoms with E-state index in [-0.39, 0.29) is 0 Å². The zero-order valence-corrected chi connectivity index (χ0v) is 20.5. The van der Waals surface area contributed by atoms with E-state index in [0.717, 1.165) is 23.1 Å². The van der Waals surface area contributed by atoms with Crippen molar-refractivity contribution in [3.8, 4) is 23.7 Å². The Balaban J connectivity index is 1.71. The molecule has 0 nitrogen and oxygen atoms in total. The van der Waals surface area contributed by atoms with Crippen LogP contribution in [0.2, 0.25) is 0 Å². The third-order valence-electron chi connectivity index (χ3n) is 5.90. The predicted octanol–water partition coefficient (Wildman–Crippen LogP) is 9.09. The van der Waals surface area contributed by atoms with Crippen molar-refractivity contribution in [1.82, 2.24) is 0 Å². The Labute approximate surface area is 198 Å². The molecule has 0 aliphatic rings. The number of benzene rings is 2. The van der Waals surface area contributed by atoms with Crippen LogP contribution in [0.15, 0.2) is 48.5 Å². The van der Waals surface area contributed by atoms with Crippen LogP contribution >= 0.6 is 0 Å². The first-order valence-electron chi connectivity index (χ1n) is 13.0. The predicted molar refractivity (Wildman–Crippen MR) is 141 cm³/mol. The van der Waals surface area contributed by atoms with Crippen molar-refractivity contribution in [3.05, 3.63) is 70.8 Å². The molecule has 2 aromatic carbocycles. The minimum absolute atomic E-state index is 1.00. The lowest BCUT2D eigenvalue weighted by Gasteiger charge is -2.02. The second-order valence-electron chi connectivity index (χ2n) is 8.86. The Hall–Kier alpha value is -2.44. The highest BCUT2D eigenvalue weighted by Crippen LogP contribution is 2.11. The lowest BCUT2D eigenvalue weighted by atomic mass is 10.0. The van der Waals surface area contributed by atoms with Gasteiger partial charge < -0.3 is 0 Å². The monoisotopic (exact) mass is 426 g/mol. The highest BCUT2D eigenvalue weighted by molar-refractivity contribution is 5.46. The maximum absolute atomic E-state index is 3.32. The van der Waals surface area contributed by atoms with Crippen molar-refractivity contribution in [1.29, 1.82) is 0 Å². The van der Waals surface area contributed by atoms with Gasteiger partial charge in [-0.15, -0.1) is 0 Å². The van der Waals surface area contributed by atoms with Crippen LogP contribution in [0.5, 0.6) is 0 Å². The minimum Gasteiger partial charge on any atom is -0.0979 e. The highest BCUT2D eigenvalue weighted by Gasteiger charge is 1.95. The molecule has 0 heteroatoms. The SMILES string of the molecule is CCCCCCCCC#Cc1ccc(C#Cc2ccc(CCCCCCCC)cc2)cc1. The van der Waals surface area contributed by atoms with Crippen LogP contribution in [0.3, 0.4) is 0 Å². The average molecular weight is 427 g/mol. The molecule has 0 aromatic heterocycles. The normalized spacial score (nSPS) is 10.2. The highest BCUT2D eigenvalue weighted by atomic mass is 14.0. The smallest absolute Gasteiger partial charge is 0.0249 e. The summed E-state index contributed by atoms with van der Waals surface area (Å²) in [7, 11) is 0. The second-order valence-corrected chi connectivity index (χ2v) is 8.86. The van der Waals surface area contributed by atoms with E-state index in [4.69, 9.17) is 0 Å². The molecule has 0 saturated heterocycles. The second kappa shape index (κ2) is 17.2. The van der Waals surface area contributed by atoms with Crippen LogP contribution in [-0.4, -0.2) is 0 Å². The first-order chi connectivity index (χ1) is 15.8. The molecule has 0 saturated carbocycles. The van der Waals surface area contributed by atoms with Crippen molar-refractivity contribution in [2.45, 2.75) is 104 Å². The molecule has 0 unspecified atom stereocenters. The Morgan fingerprint density at radius 3 is 1.47 bits per heavy atom. The molecule has 0 aliphatic heterocycles. The van der Waals surface area contributed by atoms with Crippen molar-refractivity contribution in [2.75, 3.05) is 0 Å². The van der Waals surface area contributed by atoms with Crippen molar-refractivity contribution in [2.24, 2.45) is 0 Å². The van der Waals surface area contributed by atoms with Crippen molar-refractivity contribution in [3.63, 3.8) is 0 Å².